The van der Waals surface area contributed by atoms with Crippen LogP contribution in [-0.2, 0) is 0 Å². The number of rotatable bonds is 3. The lowest BCUT2D eigenvalue weighted by molar-refractivity contribution is 0.0795. The Morgan fingerprint density at radius 3 is 3.00 bits per heavy atom. The first kappa shape index (κ1) is 8.90. The number of pyridine rings is 1. The number of aromatic nitrogens is 1. The minimum absolute atomic E-state index is 0.214. The van der Waals surface area contributed by atoms with Gasteiger partial charge in [0, 0.05) is 18.3 Å². The summed E-state index contributed by atoms with van der Waals surface area (Å²) >= 11 is 0. The number of halogens is 2. The molecule has 1 aromatic heterocycles. The molecule has 65 valence electrons. The lowest BCUT2D eigenvalue weighted by Gasteiger charge is -2.03. The molecule has 0 saturated heterocycles. The van der Waals surface area contributed by atoms with E-state index in [4.69, 9.17) is 0 Å². The van der Waals surface area contributed by atoms with Crippen LogP contribution in [0.5, 0.6) is 5.88 Å². The molecule has 2 nitrogen and oxygen atoms in total. The lowest BCUT2D eigenvalue weighted by Crippen LogP contribution is -2.07. The number of hydrogen-bond acceptors (Lipinski definition) is 2. The highest BCUT2D eigenvalue weighted by molar-refractivity contribution is 5.17. The van der Waals surface area contributed by atoms with E-state index in [0.29, 0.717) is 0 Å². The molecule has 0 aliphatic rings. The van der Waals surface area contributed by atoms with Crippen LogP contribution in [0.3, 0.4) is 0 Å². The molecule has 4 heteroatoms. The van der Waals surface area contributed by atoms with Crippen LogP contribution in [0.25, 0.3) is 0 Å². The zero-order valence-electron chi connectivity index (χ0n) is 6.55. The summed E-state index contributed by atoms with van der Waals surface area (Å²) in [6.07, 6.45) is -1.06. The number of ether oxygens (including phenoxy) is 1. The molecule has 0 spiro atoms. The summed E-state index contributed by atoms with van der Waals surface area (Å²) in [5.74, 6) is 0.214. The predicted octanol–water partition coefficient (Wildman–Crippen LogP) is 1.83. The van der Waals surface area contributed by atoms with Gasteiger partial charge in [0.1, 0.15) is 0 Å². The smallest absolute Gasteiger partial charge is 0.272 e. The molecular weight excluding hydrogens is 164 g/mol. The average molecular weight is 172 g/mol. The van der Waals surface area contributed by atoms with E-state index < -0.39 is 13.0 Å². The summed E-state index contributed by atoms with van der Waals surface area (Å²) in [7, 11) is 0. The molecule has 0 unspecified atom stereocenters. The highest BCUT2D eigenvalue weighted by atomic mass is 19.3. The Kier molecular flexibility index (Phi) is 2.96. The number of nitrogens with zero attached hydrogens (tertiary/aromatic N) is 1. The summed E-state index contributed by atoms with van der Waals surface area (Å²) in [5.41, 5.74) is 0.814. The van der Waals surface area contributed by atoms with Gasteiger partial charge in [-0.25, -0.2) is 13.8 Å². The van der Waals surface area contributed by atoms with Crippen molar-refractivity contribution in [1.29, 1.82) is 0 Å². The Morgan fingerprint density at radius 1 is 1.67 bits per heavy atom. The molecule has 0 amide bonds. The van der Waals surface area contributed by atoms with Crippen LogP contribution in [0.1, 0.15) is 5.56 Å². The molecule has 1 radical (unpaired) electrons. The van der Waals surface area contributed by atoms with Gasteiger partial charge < -0.3 is 4.74 Å². The van der Waals surface area contributed by atoms with Crippen LogP contribution < -0.4 is 4.74 Å². The normalized spacial score (nSPS) is 10.3. The Balaban J connectivity index is 2.52. The summed E-state index contributed by atoms with van der Waals surface area (Å²) in [4.78, 5) is 3.70. The monoisotopic (exact) mass is 172 g/mol. The van der Waals surface area contributed by atoms with Crippen molar-refractivity contribution in [2.75, 3.05) is 6.61 Å². The summed E-state index contributed by atoms with van der Waals surface area (Å²) in [6.45, 7) is 1.17. The van der Waals surface area contributed by atoms with Crippen molar-refractivity contribution in [1.82, 2.24) is 4.98 Å². The first-order chi connectivity index (χ1) is 5.68. The molecule has 0 atom stereocenters. The van der Waals surface area contributed by atoms with Gasteiger partial charge in [0.05, 0.1) is 0 Å². The second kappa shape index (κ2) is 3.99. The SMILES string of the molecule is Cc1[c]cnc(OCC(F)F)c1. The average Bonchev–Trinajstić information content (AvgIpc) is 2.01. The third kappa shape index (κ3) is 2.82. The predicted molar refractivity (Wildman–Crippen MR) is 39.3 cm³/mol. The van der Waals surface area contributed by atoms with Crippen molar-refractivity contribution >= 4 is 0 Å². The molecule has 1 rings (SSSR count). The zero-order chi connectivity index (χ0) is 8.97. The molecule has 0 aromatic carbocycles. The van der Waals surface area contributed by atoms with Gasteiger partial charge in [-0.15, -0.1) is 0 Å². The third-order valence-corrected chi connectivity index (χ3v) is 1.18. The molecule has 1 heterocycles. The quantitative estimate of drug-likeness (QED) is 0.693. The van der Waals surface area contributed by atoms with Crippen LogP contribution in [0.4, 0.5) is 8.78 Å². The van der Waals surface area contributed by atoms with Crippen LogP contribution in [0, 0.1) is 13.0 Å². The van der Waals surface area contributed by atoms with Crippen molar-refractivity contribution in [3.8, 4) is 5.88 Å². The van der Waals surface area contributed by atoms with Gasteiger partial charge in [-0.2, -0.15) is 0 Å². The molecule has 0 aliphatic carbocycles. The second-order valence-corrected chi connectivity index (χ2v) is 2.27. The largest absolute Gasteiger partial charge is 0.472 e. The number of hydrogen-bond donors (Lipinski definition) is 0. The molecule has 0 bridgehead atoms. The maximum Gasteiger partial charge on any atom is 0.272 e. The van der Waals surface area contributed by atoms with E-state index in [1.807, 2.05) is 0 Å². The first-order valence-corrected chi connectivity index (χ1v) is 3.44. The first-order valence-electron chi connectivity index (χ1n) is 3.44. The van der Waals surface area contributed by atoms with Gasteiger partial charge in [0.2, 0.25) is 5.88 Å². The molecule has 1 aromatic rings. The second-order valence-electron chi connectivity index (χ2n) is 2.27. The van der Waals surface area contributed by atoms with Gasteiger partial charge in [-0.1, -0.05) is 0 Å². The lowest BCUT2D eigenvalue weighted by atomic mass is 10.3. The van der Waals surface area contributed by atoms with E-state index in [2.05, 4.69) is 15.8 Å². The fourth-order valence-electron chi connectivity index (χ4n) is 0.689. The molecule has 12 heavy (non-hydrogen) atoms. The van der Waals surface area contributed by atoms with Gasteiger partial charge in [-0.05, 0) is 12.5 Å². The molecule has 0 aliphatic heterocycles. The molecule has 0 N–H and O–H groups in total. The van der Waals surface area contributed by atoms with Crippen LogP contribution >= 0.6 is 0 Å². The maximum atomic E-state index is 11.7. The van der Waals surface area contributed by atoms with Crippen LogP contribution in [0.2, 0.25) is 0 Å². The van der Waals surface area contributed by atoms with Gasteiger partial charge in [-0.3, -0.25) is 0 Å². The Bertz CT molecular complexity index is 253. The summed E-state index contributed by atoms with van der Waals surface area (Å²) < 4.78 is 28.0. The van der Waals surface area contributed by atoms with Crippen molar-refractivity contribution in [2.45, 2.75) is 13.3 Å². The fraction of sp³-hybridized carbons (Fsp3) is 0.375. The highest BCUT2D eigenvalue weighted by Crippen LogP contribution is 2.08. The van der Waals surface area contributed by atoms with Crippen LogP contribution in [0.15, 0.2) is 12.3 Å². The summed E-state index contributed by atoms with van der Waals surface area (Å²) in [5, 5.41) is 0. The standard InChI is InChI=1S/C8H8F2NO/c1-6-2-3-11-8(4-6)12-5-7(9)10/h3-4,7H,5H2,1H3. The van der Waals surface area contributed by atoms with Gasteiger partial charge in [0.15, 0.2) is 6.61 Å². The van der Waals surface area contributed by atoms with Crippen molar-refractivity contribution in [3.63, 3.8) is 0 Å². The Hall–Kier alpha value is -1.19. The van der Waals surface area contributed by atoms with E-state index in [1.54, 1.807) is 13.0 Å². The van der Waals surface area contributed by atoms with Gasteiger partial charge >= 0.3 is 0 Å². The minimum Gasteiger partial charge on any atom is -0.472 e. The third-order valence-electron chi connectivity index (χ3n) is 1.18. The summed E-state index contributed by atoms with van der Waals surface area (Å²) in [6, 6.07) is 4.34. The topological polar surface area (TPSA) is 22.1 Å². The van der Waals surface area contributed by atoms with Crippen LogP contribution in [-0.4, -0.2) is 18.0 Å². The van der Waals surface area contributed by atoms with E-state index in [9.17, 15) is 8.78 Å². The van der Waals surface area contributed by atoms with E-state index in [0.717, 1.165) is 5.56 Å². The van der Waals surface area contributed by atoms with Crippen molar-refractivity contribution in [3.05, 3.63) is 23.9 Å². The fourth-order valence-corrected chi connectivity index (χ4v) is 0.689. The Morgan fingerprint density at radius 2 is 2.42 bits per heavy atom. The van der Waals surface area contributed by atoms with E-state index >= 15 is 0 Å². The van der Waals surface area contributed by atoms with Gasteiger partial charge in [0.25, 0.3) is 6.43 Å². The molecule has 0 saturated carbocycles. The zero-order valence-corrected chi connectivity index (χ0v) is 6.55. The maximum absolute atomic E-state index is 11.7. The number of aryl methyl sites for hydroxylation is 1. The van der Waals surface area contributed by atoms with Crippen molar-refractivity contribution < 1.29 is 13.5 Å². The molecule has 0 fully saturated rings. The van der Waals surface area contributed by atoms with E-state index in [1.165, 1.54) is 6.20 Å². The van der Waals surface area contributed by atoms with Crippen molar-refractivity contribution in [2.24, 2.45) is 0 Å². The minimum atomic E-state index is -2.46. The Labute approximate surface area is 69.2 Å². The van der Waals surface area contributed by atoms with E-state index in [-0.39, 0.29) is 5.88 Å². The molecular formula is C8H8F2NO. The highest BCUT2D eigenvalue weighted by Gasteiger charge is 2.03. The number of alkyl halides is 2.